The van der Waals surface area contributed by atoms with Gasteiger partial charge in [0.05, 0.1) is 12.2 Å². The van der Waals surface area contributed by atoms with Gasteiger partial charge in [0.1, 0.15) is 0 Å². The van der Waals surface area contributed by atoms with Gasteiger partial charge in [-0.1, -0.05) is 6.42 Å². The van der Waals surface area contributed by atoms with Crippen LogP contribution in [0.4, 0.5) is 0 Å². The van der Waals surface area contributed by atoms with Gasteiger partial charge < -0.3 is 15.1 Å². The van der Waals surface area contributed by atoms with Crippen molar-refractivity contribution >= 4 is 5.91 Å². The molecule has 17 heavy (non-hydrogen) atoms. The van der Waals surface area contributed by atoms with E-state index in [2.05, 4.69) is 0 Å². The van der Waals surface area contributed by atoms with Crippen LogP contribution < -0.4 is 0 Å². The van der Waals surface area contributed by atoms with E-state index in [0.717, 1.165) is 11.8 Å². The number of aliphatic hydroxyl groups excluding tert-OH is 2. The minimum absolute atomic E-state index is 0.123. The molecule has 1 aliphatic heterocycles. The lowest BCUT2D eigenvalue weighted by Crippen LogP contribution is -2.32. The maximum Gasteiger partial charge on any atom is 0.223 e. The predicted molar refractivity (Wildman–Crippen MR) is 62.1 cm³/mol. The van der Waals surface area contributed by atoms with Crippen molar-refractivity contribution < 1.29 is 15.0 Å². The summed E-state index contributed by atoms with van der Waals surface area (Å²) in [7, 11) is 0. The van der Waals surface area contributed by atoms with Crippen LogP contribution in [0.2, 0.25) is 0 Å². The van der Waals surface area contributed by atoms with Crippen LogP contribution in [0, 0.1) is 17.8 Å². The van der Waals surface area contributed by atoms with Crippen molar-refractivity contribution in [1.29, 1.82) is 0 Å². The molecule has 0 spiro atoms. The SMILES string of the molecule is O=C(CC1CC2CCC1C2)N1CC(O)C(O)C1. The van der Waals surface area contributed by atoms with E-state index in [-0.39, 0.29) is 5.91 Å². The van der Waals surface area contributed by atoms with Gasteiger partial charge in [0.15, 0.2) is 0 Å². The zero-order valence-corrected chi connectivity index (χ0v) is 10.1. The number of aliphatic hydroxyl groups is 2. The number of carbonyl (C=O) groups excluding carboxylic acids is 1. The van der Waals surface area contributed by atoms with E-state index < -0.39 is 12.2 Å². The third-order valence-corrected chi connectivity index (χ3v) is 4.93. The van der Waals surface area contributed by atoms with Crippen molar-refractivity contribution in [2.45, 2.75) is 44.3 Å². The summed E-state index contributed by atoms with van der Waals surface area (Å²) in [5.74, 6) is 2.32. The molecular formula is C13H21NO3. The van der Waals surface area contributed by atoms with Crippen LogP contribution in [-0.4, -0.2) is 46.3 Å². The summed E-state index contributed by atoms with van der Waals surface area (Å²) in [6.07, 6.45) is 4.32. The summed E-state index contributed by atoms with van der Waals surface area (Å²) < 4.78 is 0. The van der Waals surface area contributed by atoms with Crippen LogP contribution in [0.25, 0.3) is 0 Å². The van der Waals surface area contributed by atoms with E-state index in [1.807, 2.05) is 0 Å². The second-order valence-corrected chi connectivity index (χ2v) is 6.07. The van der Waals surface area contributed by atoms with E-state index in [0.29, 0.717) is 25.4 Å². The smallest absolute Gasteiger partial charge is 0.223 e. The molecule has 2 aliphatic carbocycles. The summed E-state index contributed by atoms with van der Waals surface area (Å²) in [6.45, 7) is 0.613. The fraction of sp³-hybridized carbons (Fsp3) is 0.923. The third-order valence-electron chi connectivity index (χ3n) is 4.93. The summed E-state index contributed by atoms with van der Waals surface area (Å²) in [6, 6.07) is 0. The zero-order chi connectivity index (χ0) is 12.0. The van der Waals surface area contributed by atoms with Gasteiger partial charge in [0.25, 0.3) is 0 Å². The summed E-state index contributed by atoms with van der Waals surface area (Å²) in [4.78, 5) is 13.7. The normalized spacial score (nSPS) is 44.6. The second kappa shape index (κ2) is 4.25. The lowest BCUT2D eigenvalue weighted by atomic mass is 9.86. The molecule has 3 fully saturated rings. The number of rotatable bonds is 2. The molecule has 0 aromatic carbocycles. The quantitative estimate of drug-likeness (QED) is 0.732. The summed E-state index contributed by atoms with van der Waals surface area (Å²) in [5, 5.41) is 18.9. The first-order chi connectivity index (χ1) is 8.13. The van der Waals surface area contributed by atoms with Crippen LogP contribution in [0.1, 0.15) is 32.1 Å². The number of hydrogen-bond acceptors (Lipinski definition) is 3. The first-order valence-electron chi connectivity index (χ1n) is 6.77. The highest BCUT2D eigenvalue weighted by atomic mass is 16.3. The van der Waals surface area contributed by atoms with Crippen LogP contribution in [-0.2, 0) is 4.79 Å². The molecule has 4 heteroatoms. The molecule has 0 aromatic heterocycles. The third kappa shape index (κ3) is 2.08. The Kier molecular flexibility index (Phi) is 2.87. The Balaban J connectivity index is 1.54. The topological polar surface area (TPSA) is 60.8 Å². The lowest BCUT2D eigenvalue weighted by Gasteiger charge is -2.24. The molecule has 1 saturated heterocycles. The molecule has 2 bridgehead atoms. The van der Waals surface area contributed by atoms with E-state index in [1.165, 1.54) is 25.7 Å². The van der Waals surface area contributed by atoms with Gasteiger partial charge in [-0.25, -0.2) is 0 Å². The average Bonchev–Trinajstić information content (AvgIpc) is 2.95. The molecule has 1 heterocycles. The number of carbonyl (C=O) groups is 1. The summed E-state index contributed by atoms with van der Waals surface area (Å²) in [5.41, 5.74) is 0. The van der Waals surface area contributed by atoms with Gasteiger partial charge in [-0.2, -0.15) is 0 Å². The number of nitrogens with zero attached hydrogens (tertiary/aromatic N) is 1. The molecule has 4 nitrogen and oxygen atoms in total. The Morgan fingerprint density at radius 3 is 2.35 bits per heavy atom. The maximum atomic E-state index is 12.1. The Morgan fingerprint density at radius 1 is 1.12 bits per heavy atom. The number of likely N-dealkylation sites (tertiary alicyclic amines) is 1. The fourth-order valence-electron chi connectivity index (χ4n) is 3.95. The highest BCUT2D eigenvalue weighted by molar-refractivity contribution is 5.77. The molecule has 96 valence electrons. The molecule has 5 atom stereocenters. The van der Waals surface area contributed by atoms with E-state index >= 15 is 0 Å². The molecule has 0 aromatic rings. The van der Waals surface area contributed by atoms with Gasteiger partial charge in [-0.3, -0.25) is 4.79 Å². The van der Waals surface area contributed by atoms with Crippen molar-refractivity contribution in [1.82, 2.24) is 4.90 Å². The molecule has 0 radical (unpaired) electrons. The Hall–Kier alpha value is -0.610. The van der Waals surface area contributed by atoms with Gasteiger partial charge in [-0.15, -0.1) is 0 Å². The number of β-amino-alcohol motifs (C(OH)–C–C–N with tert-alkyl or cyclic N) is 2. The zero-order valence-electron chi connectivity index (χ0n) is 10.1. The van der Waals surface area contributed by atoms with Crippen LogP contribution in [0.3, 0.4) is 0 Å². The number of hydrogen-bond donors (Lipinski definition) is 2. The number of fused-ring (bicyclic) bond motifs is 2. The molecule has 5 unspecified atom stereocenters. The van der Waals surface area contributed by atoms with Crippen LogP contribution in [0.5, 0.6) is 0 Å². The van der Waals surface area contributed by atoms with Gasteiger partial charge in [0.2, 0.25) is 5.91 Å². The minimum atomic E-state index is -0.751. The Bertz CT molecular complexity index is 310. The first-order valence-corrected chi connectivity index (χ1v) is 6.77. The lowest BCUT2D eigenvalue weighted by molar-refractivity contribution is -0.132. The fourth-order valence-corrected chi connectivity index (χ4v) is 3.95. The Labute approximate surface area is 102 Å². The van der Waals surface area contributed by atoms with Crippen LogP contribution >= 0.6 is 0 Å². The monoisotopic (exact) mass is 239 g/mol. The number of amides is 1. The maximum absolute atomic E-state index is 12.1. The predicted octanol–water partition coefficient (Wildman–Crippen LogP) is 0.377. The van der Waals surface area contributed by atoms with Crippen molar-refractivity contribution in [2.24, 2.45) is 17.8 Å². The molecule has 2 N–H and O–H groups in total. The first kappa shape index (κ1) is 11.5. The van der Waals surface area contributed by atoms with Gasteiger partial charge in [0, 0.05) is 19.5 Å². The molecule has 1 amide bonds. The molecule has 3 aliphatic rings. The van der Waals surface area contributed by atoms with Gasteiger partial charge >= 0.3 is 0 Å². The van der Waals surface area contributed by atoms with Crippen molar-refractivity contribution in [3.8, 4) is 0 Å². The van der Waals surface area contributed by atoms with Crippen LogP contribution in [0.15, 0.2) is 0 Å². The van der Waals surface area contributed by atoms with E-state index in [9.17, 15) is 15.0 Å². The van der Waals surface area contributed by atoms with E-state index in [1.54, 1.807) is 4.90 Å². The Morgan fingerprint density at radius 2 is 1.82 bits per heavy atom. The minimum Gasteiger partial charge on any atom is -0.388 e. The standard InChI is InChI=1S/C13H21NO3/c15-11-6-14(7-12(11)16)13(17)5-10-4-8-1-2-9(10)3-8/h8-12,15-16H,1-7H2. The molecule has 2 saturated carbocycles. The average molecular weight is 239 g/mol. The highest BCUT2D eigenvalue weighted by Crippen LogP contribution is 2.49. The highest BCUT2D eigenvalue weighted by Gasteiger charge is 2.41. The molecule has 3 rings (SSSR count). The van der Waals surface area contributed by atoms with Gasteiger partial charge in [-0.05, 0) is 37.0 Å². The largest absolute Gasteiger partial charge is 0.388 e. The van der Waals surface area contributed by atoms with E-state index in [4.69, 9.17) is 0 Å². The second-order valence-electron chi connectivity index (χ2n) is 6.07. The van der Waals surface area contributed by atoms with Crippen molar-refractivity contribution in [3.63, 3.8) is 0 Å². The van der Waals surface area contributed by atoms with Crippen molar-refractivity contribution in [3.05, 3.63) is 0 Å². The molecular weight excluding hydrogens is 218 g/mol. The summed E-state index contributed by atoms with van der Waals surface area (Å²) >= 11 is 0. The van der Waals surface area contributed by atoms with Crippen molar-refractivity contribution in [2.75, 3.05) is 13.1 Å².